The molecule has 55 heavy (non-hydrogen) atoms. The molecule has 4 aromatic rings. The van der Waals surface area contributed by atoms with Gasteiger partial charge in [-0.2, -0.15) is 0 Å². The number of hydrogen-bond acceptors (Lipinski definition) is 11. The summed E-state index contributed by atoms with van der Waals surface area (Å²) in [4.78, 5) is 75.7. The molecule has 7 rings (SSSR count). The number of carbonyl (C=O) groups excluding carboxylic acids is 5. The molecule has 0 spiro atoms. The van der Waals surface area contributed by atoms with Crippen molar-refractivity contribution in [3.63, 3.8) is 0 Å². The van der Waals surface area contributed by atoms with Crippen LogP contribution in [0, 0.1) is 5.82 Å². The van der Waals surface area contributed by atoms with Crippen LogP contribution in [0.4, 0.5) is 15.9 Å². The summed E-state index contributed by atoms with van der Waals surface area (Å²) in [6, 6.07) is 10.5. The Morgan fingerprint density at radius 1 is 1.02 bits per heavy atom. The lowest BCUT2D eigenvalue weighted by Crippen LogP contribution is -2.54. The third-order valence-corrected chi connectivity index (χ3v) is 11.7. The van der Waals surface area contributed by atoms with Crippen molar-refractivity contribution < 1.29 is 37.8 Å². The molecule has 0 saturated carbocycles. The summed E-state index contributed by atoms with van der Waals surface area (Å²) in [5.41, 5.74) is 1.16. The molecule has 1 aromatic heterocycles. The lowest BCUT2D eigenvalue weighted by molar-refractivity contribution is -0.136. The van der Waals surface area contributed by atoms with E-state index in [-0.39, 0.29) is 51.7 Å². The van der Waals surface area contributed by atoms with Crippen LogP contribution in [0.1, 0.15) is 65.7 Å². The van der Waals surface area contributed by atoms with Crippen molar-refractivity contribution in [2.75, 3.05) is 31.3 Å². The van der Waals surface area contributed by atoms with E-state index in [2.05, 4.69) is 20.6 Å². The zero-order chi connectivity index (χ0) is 38.8. The first-order chi connectivity index (χ1) is 26.5. The molecule has 0 radical (unpaired) electrons. The van der Waals surface area contributed by atoms with Gasteiger partial charge >= 0.3 is 0 Å². The summed E-state index contributed by atoms with van der Waals surface area (Å²) in [5, 5.41) is 5.64. The number of anilines is 2. The summed E-state index contributed by atoms with van der Waals surface area (Å²) < 4.78 is 26.8. The molecule has 1 atom stereocenters. The lowest BCUT2D eigenvalue weighted by Gasteiger charge is -2.32. The molecule has 3 aliphatic heterocycles. The molecule has 1 unspecified atom stereocenters. The molecule has 286 valence electrons. The number of likely N-dealkylation sites (tertiary alicyclic amines) is 1. The van der Waals surface area contributed by atoms with Crippen molar-refractivity contribution in [3.05, 3.63) is 75.8 Å². The Kier molecular flexibility index (Phi) is 11.4. The van der Waals surface area contributed by atoms with Gasteiger partial charge in [-0.25, -0.2) is 14.4 Å². The minimum Gasteiger partial charge on any atom is -0.493 e. The van der Waals surface area contributed by atoms with Crippen LogP contribution in [-0.4, -0.2) is 87.4 Å². The van der Waals surface area contributed by atoms with E-state index in [9.17, 15) is 28.4 Å². The number of amides is 5. The van der Waals surface area contributed by atoms with Crippen molar-refractivity contribution in [1.29, 1.82) is 0 Å². The van der Waals surface area contributed by atoms with Crippen LogP contribution in [0.5, 0.6) is 11.5 Å². The zero-order valence-electron chi connectivity index (χ0n) is 29.5. The van der Waals surface area contributed by atoms with Gasteiger partial charge in [0.2, 0.25) is 17.7 Å². The Labute approximate surface area is 329 Å². The van der Waals surface area contributed by atoms with E-state index in [0.717, 1.165) is 4.90 Å². The number of imide groups is 2. The highest BCUT2D eigenvalue weighted by atomic mass is 35.5. The second-order valence-corrected chi connectivity index (χ2v) is 15.1. The highest BCUT2D eigenvalue weighted by molar-refractivity contribution is 7.99. The Hall–Kier alpha value is -4.99. The van der Waals surface area contributed by atoms with E-state index in [1.807, 2.05) is 4.90 Å². The second-order valence-electron chi connectivity index (χ2n) is 13.2. The maximum atomic E-state index is 14.8. The first-order valence-electron chi connectivity index (χ1n) is 17.7. The molecular weight excluding hydrogens is 774 g/mol. The monoisotopic (exact) mass is 808 g/mol. The van der Waals surface area contributed by atoms with Gasteiger partial charge in [0.05, 0.1) is 39.5 Å². The van der Waals surface area contributed by atoms with Gasteiger partial charge < -0.3 is 19.7 Å². The summed E-state index contributed by atoms with van der Waals surface area (Å²) in [6.07, 6.45) is 4.25. The minimum atomic E-state index is -1.02. The van der Waals surface area contributed by atoms with E-state index in [4.69, 9.17) is 32.7 Å². The van der Waals surface area contributed by atoms with Crippen LogP contribution in [0.15, 0.2) is 53.7 Å². The summed E-state index contributed by atoms with van der Waals surface area (Å²) >= 11 is 13.4. The number of methoxy groups -OCH3 is 1. The number of aromatic nitrogens is 2. The number of ether oxygens (including phenoxy) is 2. The number of carbonyl (C=O) groups is 5. The molecule has 4 heterocycles. The summed E-state index contributed by atoms with van der Waals surface area (Å²) in [6.45, 7) is 1.05. The molecular formula is C38H35Cl2FN6O7S. The average molecular weight is 810 g/mol. The maximum Gasteiger partial charge on any atom is 0.263 e. The normalized spacial score (nSPS) is 17.4. The third-order valence-electron chi connectivity index (χ3n) is 9.77. The van der Waals surface area contributed by atoms with Crippen molar-refractivity contribution in [2.45, 2.75) is 62.0 Å². The van der Waals surface area contributed by atoms with Gasteiger partial charge in [0.15, 0.2) is 17.3 Å². The first-order valence-corrected chi connectivity index (χ1v) is 19.4. The number of benzene rings is 3. The topological polar surface area (TPSA) is 160 Å². The Morgan fingerprint density at radius 2 is 1.82 bits per heavy atom. The number of hydrogen-bond donors (Lipinski definition) is 2. The number of nitrogens with one attached hydrogen (secondary N) is 2. The largest absolute Gasteiger partial charge is 0.493 e. The molecule has 13 nitrogen and oxygen atoms in total. The molecule has 2 N–H and O–H groups in total. The number of halogens is 3. The Balaban J connectivity index is 0.900. The smallest absolute Gasteiger partial charge is 0.263 e. The van der Waals surface area contributed by atoms with E-state index in [1.165, 1.54) is 37.3 Å². The predicted molar refractivity (Wildman–Crippen MR) is 204 cm³/mol. The fraction of sp³-hybridized carbons (Fsp3) is 0.342. The van der Waals surface area contributed by atoms with Crippen molar-refractivity contribution in [1.82, 2.24) is 25.1 Å². The third kappa shape index (κ3) is 7.91. The van der Waals surface area contributed by atoms with Gasteiger partial charge in [-0.3, -0.25) is 34.2 Å². The number of unbranched alkanes of at least 4 members (excludes halogenated alkanes) is 1. The lowest BCUT2D eigenvalue weighted by atomic mass is 10.0. The van der Waals surface area contributed by atoms with Crippen LogP contribution < -0.4 is 20.1 Å². The van der Waals surface area contributed by atoms with E-state index in [1.54, 1.807) is 30.3 Å². The van der Waals surface area contributed by atoms with E-state index < -0.39 is 35.5 Å². The van der Waals surface area contributed by atoms with Crippen molar-refractivity contribution in [3.8, 4) is 11.5 Å². The van der Waals surface area contributed by atoms with Crippen LogP contribution in [-0.2, 0) is 14.4 Å². The summed E-state index contributed by atoms with van der Waals surface area (Å²) in [5.74, 6) is -0.914. The molecule has 0 aliphatic carbocycles. The highest BCUT2D eigenvalue weighted by Crippen LogP contribution is 2.38. The second kappa shape index (κ2) is 16.4. The van der Waals surface area contributed by atoms with E-state index in [0.29, 0.717) is 84.1 Å². The number of rotatable bonds is 12. The molecule has 0 bridgehead atoms. The Morgan fingerprint density at radius 3 is 2.58 bits per heavy atom. The summed E-state index contributed by atoms with van der Waals surface area (Å²) in [7, 11) is 1.53. The van der Waals surface area contributed by atoms with Gasteiger partial charge in [0, 0.05) is 55.1 Å². The minimum absolute atomic E-state index is 0.0513. The van der Waals surface area contributed by atoms with Crippen molar-refractivity contribution >= 4 is 86.9 Å². The number of fused-ring (bicyclic) bond motifs is 2. The van der Waals surface area contributed by atoms with Gasteiger partial charge in [-0.05, 0) is 55.3 Å². The number of thioether (sulfide) groups is 1. The Bertz CT molecular complexity index is 2220. The maximum absolute atomic E-state index is 14.8. The fourth-order valence-electron chi connectivity index (χ4n) is 6.89. The van der Waals surface area contributed by atoms with E-state index >= 15 is 0 Å². The molecule has 3 aliphatic rings. The number of nitrogens with zero attached hydrogens (tertiary/aromatic N) is 4. The van der Waals surface area contributed by atoms with Crippen LogP contribution >= 0.6 is 35.0 Å². The standard InChI is InChI=1S/C38H35Cl2FN6O7S/c1-53-27-18-25-22(35(43-19-42-25)44-24-9-8-23(39)33(40)34(24)41)17-28(27)54-20-12-14-46(15-13-20)31(49)7-2-3-16-55-29-6-4-5-21-32(29)38(52)47(37(21)51)26-10-11-30(48)45-36(26)50/h4-6,8-9,17-20,26H,2-3,7,10-16H2,1H3,(H,42,43,44)(H,45,48,50). The van der Waals surface area contributed by atoms with Crippen LogP contribution in [0.3, 0.4) is 0 Å². The fourth-order valence-corrected chi connectivity index (χ4v) is 8.29. The molecule has 2 saturated heterocycles. The molecule has 3 aromatic carbocycles. The van der Waals surface area contributed by atoms with Gasteiger partial charge in [0.25, 0.3) is 11.8 Å². The number of piperidine rings is 2. The van der Waals surface area contributed by atoms with Crippen LogP contribution in [0.2, 0.25) is 10.0 Å². The zero-order valence-corrected chi connectivity index (χ0v) is 31.9. The first kappa shape index (κ1) is 38.3. The van der Waals surface area contributed by atoms with Crippen molar-refractivity contribution in [2.24, 2.45) is 0 Å². The molecule has 2 fully saturated rings. The van der Waals surface area contributed by atoms with Crippen LogP contribution in [0.25, 0.3) is 10.9 Å². The quantitative estimate of drug-likeness (QED) is 0.0691. The van der Waals surface area contributed by atoms with Gasteiger partial charge in [0.1, 0.15) is 24.3 Å². The highest BCUT2D eigenvalue weighted by Gasteiger charge is 2.45. The molecule has 5 amide bonds. The SMILES string of the molecule is COc1cc2ncnc(Nc3ccc(Cl)c(Cl)c3F)c2cc1OC1CCN(C(=O)CCCCSc2cccc3c2C(=O)N(C2CCC(=O)NC2=O)C3=O)CC1. The average Bonchev–Trinajstić information content (AvgIpc) is 3.44. The van der Waals surface area contributed by atoms with Gasteiger partial charge in [-0.15, -0.1) is 11.8 Å². The molecule has 17 heteroatoms. The van der Waals surface area contributed by atoms with Gasteiger partial charge in [-0.1, -0.05) is 29.3 Å². The predicted octanol–water partition coefficient (Wildman–Crippen LogP) is 6.56.